The predicted octanol–water partition coefficient (Wildman–Crippen LogP) is 4.21. The molecule has 1 aliphatic heterocycles. The number of hydrogen-bond acceptors (Lipinski definition) is 5. The van der Waals surface area contributed by atoms with Gasteiger partial charge in [-0.3, -0.25) is 4.79 Å². The highest BCUT2D eigenvalue weighted by atomic mass is 79.9. The summed E-state index contributed by atoms with van der Waals surface area (Å²) in [5.41, 5.74) is 0.635. The molecule has 0 saturated heterocycles. The van der Waals surface area contributed by atoms with Crippen LogP contribution in [0.5, 0.6) is 0 Å². The van der Waals surface area contributed by atoms with Crippen LogP contribution < -0.4 is 15.8 Å². The third kappa shape index (κ3) is 4.75. The lowest BCUT2D eigenvalue weighted by Crippen LogP contribution is -2.35. The van der Waals surface area contributed by atoms with Crippen molar-refractivity contribution >= 4 is 43.4 Å². The molecule has 0 saturated carbocycles. The van der Waals surface area contributed by atoms with Gasteiger partial charge in [-0.1, -0.05) is 30.3 Å². The molecule has 1 amide bonds. The molecular weight excluding hydrogens is 527 g/mol. The molecule has 2 heterocycles. The maximum absolute atomic E-state index is 13.9. The molecule has 0 radical (unpaired) electrons. The Labute approximate surface area is 195 Å². The summed E-state index contributed by atoms with van der Waals surface area (Å²) in [6.07, 6.45) is -4.89. The highest BCUT2D eigenvalue weighted by Crippen LogP contribution is 2.46. The molecule has 13 heteroatoms. The van der Waals surface area contributed by atoms with E-state index in [0.29, 0.717) is 5.56 Å². The largest absolute Gasteiger partial charge is 0.410 e. The molecule has 8 nitrogen and oxygen atoms in total. The minimum absolute atomic E-state index is 0.0344. The Kier molecular flexibility index (Phi) is 5.97. The van der Waals surface area contributed by atoms with Gasteiger partial charge in [-0.15, -0.1) is 0 Å². The second-order valence-electron chi connectivity index (χ2n) is 7.38. The van der Waals surface area contributed by atoms with Crippen molar-refractivity contribution in [3.63, 3.8) is 0 Å². The monoisotopic (exact) mass is 543 g/mol. The number of nitrogens with one attached hydrogen (secondary N) is 2. The van der Waals surface area contributed by atoms with Crippen LogP contribution in [0.3, 0.4) is 0 Å². The molecule has 0 aliphatic carbocycles. The molecule has 33 heavy (non-hydrogen) atoms. The summed E-state index contributed by atoms with van der Waals surface area (Å²) < 4.78 is 65.2. The minimum atomic E-state index is -4.59. The number of amides is 1. The zero-order valence-corrected chi connectivity index (χ0v) is 19.1. The van der Waals surface area contributed by atoms with Crippen LogP contribution >= 0.6 is 15.9 Å². The zero-order chi connectivity index (χ0) is 24.0. The third-order valence-corrected chi connectivity index (χ3v) is 6.83. The summed E-state index contributed by atoms with van der Waals surface area (Å²) in [5.74, 6) is -0.738. The molecule has 3 aromatic rings. The lowest BCUT2D eigenvalue weighted by molar-refractivity contribution is -0.173. The van der Waals surface area contributed by atoms with Crippen molar-refractivity contribution in [1.29, 1.82) is 0 Å². The van der Waals surface area contributed by atoms with Crippen molar-refractivity contribution < 1.29 is 26.4 Å². The Hall–Kier alpha value is -2.90. The van der Waals surface area contributed by atoms with Crippen molar-refractivity contribution in [2.45, 2.75) is 29.6 Å². The van der Waals surface area contributed by atoms with Crippen LogP contribution in [0.15, 0.2) is 64.0 Å². The second kappa shape index (κ2) is 8.47. The van der Waals surface area contributed by atoms with E-state index < -0.39 is 34.2 Å². The van der Waals surface area contributed by atoms with Gasteiger partial charge in [0.05, 0.1) is 15.4 Å². The first-order valence-corrected chi connectivity index (χ1v) is 11.9. The smallest absolute Gasteiger partial charge is 0.362 e. The number of carbonyl (C=O) groups excluding carboxylic acids is 1. The van der Waals surface area contributed by atoms with Crippen LogP contribution in [0.1, 0.15) is 34.6 Å². The van der Waals surface area contributed by atoms with Gasteiger partial charge in [-0.05, 0) is 45.8 Å². The number of aromatic nitrogens is 2. The van der Waals surface area contributed by atoms with Crippen LogP contribution in [0, 0.1) is 0 Å². The highest BCUT2D eigenvalue weighted by Gasteiger charge is 2.47. The Morgan fingerprint density at radius 1 is 1.15 bits per heavy atom. The summed E-state index contributed by atoms with van der Waals surface area (Å²) in [6, 6.07) is 11.1. The first-order chi connectivity index (χ1) is 15.4. The van der Waals surface area contributed by atoms with Crippen molar-refractivity contribution in [2.75, 3.05) is 10.6 Å². The summed E-state index contributed by atoms with van der Waals surface area (Å²) >= 11 is 3.21. The molecule has 0 fully saturated rings. The standard InChI is InChI=1S/C20H17BrF3N5O3S/c21-16-17(19(30)26-12-6-8-13(9-7-12)33(25,31)32)28-29-15(20(22,23)24)10-14(27-18(16)29)11-4-2-1-3-5-11/h1-9,14-15,27H,10H2,(H,26,30)(H2,25,31,32)/t14-,15+/m1/s1. The Morgan fingerprint density at radius 3 is 2.36 bits per heavy atom. The summed E-state index contributed by atoms with van der Waals surface area (Å²) in [7, 11) is -3.91. The van der Waals surface area contributed by atoms with Gasteiger partial charge >= 0.3 is 6.18 Å². The number of nitrogens with zero attached hydrogens (tertiary/aromatic N) is 2. The fraction of sp³-hybridized carbons (Fsp3) is 0.200. The van der Waals surface area contributed by atoms with Crippen LogP contribution in [0.25, 0.3) is 0 Å². The number of benzene rings is 2. The van der Waals surface area contributed by atoms with Gasteiger partial charge in [0, 0.05) is 12.1 Å². The number of halogens is 4. The molecule has 0 spiro atoms. The summed E-state index contributed by atoms with van der Waals surface area (Å²) in [4.78, 5) is 12.6. The SMILES string of the molecule is NS(=O)(=O)c1ccc(NC(=O)c2nn3c(c2Br)N[C@@H](c2ccccc2)C[C@H]3C(F)(F)F)cc1. The zero-order valence-electron chi connectivity index (χ0n) is 16.7. The number of sulfonamides is 1. The number of carbonyl (C=O) groups is 1. The van der Waals surface area contributed by atoms with Crippen LogP contribution in [0.2, 0.25) is 0 Å². The number of fused-ring (bicyclic) bond motifs is 1. The van der Waals surface area contributed by atoms with Crippen molar-refractivity contribution in [2.24, 2.45) is 5.14 Å². The molecule has 2 atom stereocenters. The molecule has 0 unspecified atom stereocenters. The predicted molar refractivity (Wildman–Crippen MR) is 118 cm³/mol. The van der Waals surface area contributed by atoms with E-state index in [1.165, 1.54) is 24.3 Å². The third-order valence-electron chi connectivity index (χ3n) is 5.15. The van der Waals surface area contributed by atoms with Gasteiger partial charge in [0.15, 0.2) is 11.7 Å². The molecule has 4 rings (SSSR count). The number of alkyl halides is 3. The average molecular weight is 544 g/mol. The average Bonchev–Trinajstić information content (AvgIpc) is 3.09. The van der Waals surface area contributed by atoms with Gasteiger partial charge in [-0.25, -0.2) is 18.2 Å². The second-order valence-corrected chi connectivity index (χ2v) is 9.73. The molecular formula is C20H17BrF3N5O3S. The van der Waals surface area contributed by atoms with Crippen LogP contribution in [-0.2, 0) is 10.0 Å². The van der Waals surface area contributed by atoms with Gasteiger partial charge in [0.1, 0.15) is 5.82 Å². The quantitative estimate of drug-likeness (QED) is 0.455. The molecule has 0 bridgehead atoms. The van der Waals surface area contributed by atoms with E-state index in [1.54, 1.807) is 30.3 Å². The Balaban J connectivity index is 1.65. The van der Waals surface area contributed by atoms with Crippen LogP contribution in [0.4, 0.5) is 24.7 Å². The highest BCUT2D eigenvalue weighted by molar-refractivity contribution is 9.10. The van der Waals surface area contributed by atoms with E-state index in [-0.39, 0.29) is 33.0 Å². The lowest BCUT2D eigenvalue weighted by Gasteiger charge is -2.33. The van der Waals surface area contributed by atoms with E-state index >= 15 is 0 Å². The Bertz CT molecular complexity index is 1290. The van der Waals surface area contributed by atoms with Crippen molar-refractivity contribution in [1.82, 2.24) is 9.78 Å². The van der Waals surface area contributed by atoms with Crippen molar-refractivity contribution in [3.05, 3.63) is 70.3 Å². The number of primary sulfonamides is 1. The van der Waals surface area contributed by atoms with Gasteiger partial charge in [-0.2, -0.15) is 18.3 Å². The van der Waals surface area contributed by atoms with E-state index in [9.17, 15) is 26.4 Å². The normalized spacial score (nSPS) is 18.3. The molecule has 4 N–H and O–H groups in total. The van der Waals surface area contributed by atoms with E-state index in [2.05, 4.69) is 31.7 Å². The van der Waals surface area contributed by atoms with Gasteiger partial charge < -0.3 is 10.6 Å². The summed E-state index contributed by atoms with van der Waals surface area (Å²) in [5, 5.41) is 14.5. The molecule has 174 valence electrons. The number of anilines is 2. The number of hydrogen-bond donors (Lipinski definition) is 3. The van der Waals surface area contributed by atoms with E-state index in [1.807, 2.05) is 0 Å². The minimum Gasteiger partial charge on any atom is -0.362 e. The van der Waals surface area contributed by atoms with E-state index in [4.69, 9.17) is 5.14 Å². The number of nitrogens with two attached hydrogens (primary N) is 1. The molecule has 1 aliphatic rings. The lowest BCUT2D eigenvalue weighted by atomic mass is 9.97. The fourth-order valence-electron chi connectivity index (χ4n) is 3.56. The Morgan fingerprint density at radius 2 is 1.79 bits per heavy atom. The topological polar surface area (TPSA) is 119 Å². The first kappa shape index (κ1) is 23.3. The van der Waals surface area contributed by atoms with E-state index in [0.717, 1.165) is 4.68 Å². The molecule has 1 aromatic heterocycles. The maximum atomic E-state index is 13.9. The molecule has 2 aromatic carbocycles. The van der Waals surface area contributed by atoms with Crippen molar-refractivity contribution in [3.8, 4) is 0 Å². The van der Waals surface area contributed by atoms with Crippen LogP contribution in [-0.4, -0.2) is 30.3 Å². The van der Waals surface area contributed by atoms with Gasteiger partial charge in [0.2, 0.25) is 10.0 Å². The summed E-state index contributed by atoms with van der Waals surface area (Å²) in [6.45, 7) is 0. The maximum Gasteiger partial charge on any atom is 0.410 e. The fourth-order valence-corrected chi connectivity index (χ4v) is 4.63. The number of rotatable bonds is 4. The first-order valence-electron chi connectivity index (χ1n) is 9.55. The van der Waals surface area contributed by atoms with Gasteiger partial charge in [0.25, 0.3) is 5.91 Å².